The number of pyridine rings is 1. The van der Waals surface area contributed by atoms with Gasteiger partial charge in [-0.05, 0) is 79.6 Å². The Hall–Kier alpha value is -2.75. The van der Waals surface area contributed by atoms with E-state index >= 15 is 0 Å². The van der Waals surface area contributed by atoms with Gasteiger partial charge < -0.3 is 20.5 Å². The molecule has 2 heterocycles. The molecule has 0 unspecified atom stereocenters. The number of carboxylic acid groups (broad SMARTS) is 1. The van der Waals surface area contributed by atoms with Crippen LogP contribution in [0.2, 0.25) is 0 Å². The molecule has 6 nitrogen and oxygen atoms in total. The van der Waals surface area contributed by atoms with Crippen LogP contribution < -0.4 is 10.5 Å². The maximum atomic E-state index is 13.4. The Morgan fingerprint density at radius 1 is 1.22 bits per heavy atom. The molecule has 0 radical (unpaired) electrons. The van der Waals surface area contributed by atoms with E-state index in [1.54, 1.807) is 13.3 Å². The van der Waals surface area contributed by atoms with Gasteiger partial charge in [0.2, 0.25) is 0 Å². The summed E-state index contributed by atoms with van der Waals surface area (Å²) < 4.78 is 32.2. The minimum absolute atomic E-state index is 0.0318. The number of rotatable bonds is 11. The van der Waals surface area contributed by atoms with E-state index in [0.29, 0.717) is 17.2 Å². The van der Waals surface area contributed by atoms with E-state index in [0.717, 1.165) is 60.6 Å². The van der Waals surface area contributed by atoms with Gasteiger partial charge in [0.25, 0.3) is 0 Å². The van der Waals surface area contributed by atoms with Crippen molar-refractivity contribution < 1.29 is 23.4 Å². The minimum atomic E-state index is -0.794. The van der Waals surface area contributed by atoms with Crippen molar-refractivity contribution in [1.82, 2.24) is 9.88 Å². The number of hydrogen-bond donors (Lipinski definition) is 2. The van der Waals surface area contributed by atoms with Crippen molar-refractivity contribution in [3.8, 4) is 5.75 Å². The number of nitrogens with two attached hydrogens (primary N) is 1. The summed E-state index contributed by atoms with van der Waals surface area (Å²) in [5, 5.41) is 10.5. The summed E-state index contributed by atoms with van der Waals surface area (Å²) in [7, 11) is 1.63. The summed E-state index contributed by atoms with van der Waals surface area (Å²) in [6.07, 6.45) is 4.38. The number of aliphatic carboxylic acids is 1. The summed E-state index contributed by atoms with van der Waals surface area (Å²) >= 11 is 1.41. The van der Waals surface area contributed by atoms with Crippen LogP contribution in [0.1, 0.15) is 37.3 Å². The van der Waals surface area contributed by atoms with Crippen LogP contribution in [0.5, 0.6) is 5.75 Å². The van der Waals surface area contributed by atoms with E-state index in [4.69, 9.17) is 10.5 Å². The third kappa shape index (κ3) is 7.40. The molecular formula is C28H33F2N3O3S. The number of fused-ring (bicyclic) bond motifs is 1. The van der Waals surface area contributed by atoms with E-state index < -0.39 is 17.6 Å². The molecule has 0 saturated carbocycles. The van der Waals surface area contributed by atoms with Gasteiger partial charge >= 0.3 is 5.97 Å². The lowest BCUT2D eigenvalue weighted by molar-refractivity contribution is -0.139. The predicted octanol–water partition coefficient (Wildman–Crippen LogP) is 5.51. The van der Waals surface area contributed by atoms with Crippen molar-refractivity contribution in [2.75, 3.05) is 32.5 Å². The minimum Gasteiger partial charge on any atom is -0.497 e. The number of benzene rings is 2. The Labute approximate surface area is 220 Å². The number of halogens is 2. The van der Waals surface area contributed by atoms with Gasteiger partial charge in [0.15, 0.2) is 0 Å². The van der Waals surface area contributed by atoms with Crippen LogP contribution in [-0.2, 0) is 4.79 Å². The topological polar surface area (TPSA) is 88.7 Å². The second-order valence-corrected chi connectivity index (χ2v) is 10.8. The molecule has 3 atom stereocenters. The molecule has 1 saturated heterocycles. The van der Waals surface area contributed by atoms with Gasteiger partial charge in [0, 0.05) is 53.8 Å². The standard InChI is InChI=1S/C28H33F2N3O3S/c1-36-22-3-5-27-25(16-22)24(6-8-32-27)26(31)4-2-18-7-9-33(17-19(18)12-28(34)35)10-11-37-23-14-20(29)13-21(30)15-23/h3,5-6,8,13-16,18-19,26H,2,4,7,9-12,17,31H2,1H3,(H,34,35)/t18-,19+,26+/m1/s1. The zero-order valence-electron chi connectivity index (χ0n) is 20.9. The SMILES string of the molecule is COc1ccc2nccc([C@@H](N)CC[C@@H]3CCN(CCSc4cc(F)cc(F)c4)C[C@@H]3CC(=O)O)c2c1. The van der Waals surface area contributed by atoms with Crippen molar-refractivity contribution in [3.63, 3.8) is 0 Å². The molecule has 3 N–H and O–H groups in total. The highest BCUT2D eigenvalue weighted by atomic mass is 32.2. The number of ether oxygens (including phenoxy) is 1. The molecule has 0 bridgehead atoms. The van der Waals surface area contributed by atoms with Crippen LogP contribution in [0.3, 0.4) is 0 Å². The molecule has 1 fully saturated rings. The molecule has 1 aliphatic heterocycles. The quantitative estimate of drug-likeness (QED) is 0.317. The largest absolute Gasteiger partial charge is 0.497 e. The van der Waals surface area contributed by atoms with Gasteiger partial charge in [-0.1, -0.05) is 0 Å². The van der Waals surface area contributed by atoms with Crippen LogP contribution in [-0.4, -0.2) is 53.5 Å². The molecule has 2 aromatic carbocycles. The number of aromatic nitrogens is 1. The van der Waals surface area contributed by atoms with Crippen molar-refractivity contribution in [3.05, 3.63) is 65.9 Å². The van der Waals surface area contributed by atoms with Crippen molar-refractivity contribution in [2.45, 2.75) is 36.6 Å². The Balaban J connectivity index is 1.34. The fourth-order valence-electron chi connectivity index (χ4n) is 5.25. The number of piperidine rings is 1. The van der Waals surface area contributed by atoms with E-state index in [1.807, 2.05) is 24.3 Å². The Morgan fingerprint density at radius 3 is 2.73 bits per heavy atom. The molecule has 9 heteroatoms. The third-order valence-electron chi connectivity index (χ3n) is 7.15. The summed E-state index contributed by atoms with van der Waals surface area (Å²) in [5.74, 6) is -0.225. The van der Waals surface area contributed by atoms with Crippen LogP contribution in [0, 0.1) is 23.5 Å². The molecule has 4 rings (SSSR count). The number of methoxy groups -OCH3 is 1. The lowest BCUT2D eigenvalue weighted by Crippen LogP contribution is -2.42. The van der Waals surface area contributed by atoms with Crippen LogP contribution in [0.25, 0.3) is 10.9 Å². The molecule has 0 aliphatic carbocycles. The first-order valence-electron chi connectivity index (χ1n) is 12.5. The Kier molecular flexibility index (Phi) is 9.34. The zero-order chi connectivity index (χ0) is 26.4. The Morgan fingerprint density at radius 2 is 2.00 bits per heavy atom. The van der Waals surface area contributed by atoms with E-state index in [1.165, 1.54) is 23.9 Å². The first-order valence-corrected chi connectivity index (χ1v) is 13.5. The summed E-state index contributed by atoms with van der Waals surface area (Å²) in [5.41, 5.74) is 8.52. The van der Waals surface area contributed by atoms with Gasteiger partial charge in [-0.15, -0.1) is 11.8 Å². The van der Waals surface area contributed by atoms with Gasteiger partial charge in [-0.2, -0.15) is 0 Å². The van der Waals surface area contributed by atoms with Crippen LogP contribution in [0.15, 0.2) is 53.6 Å². The van der Waals surface area contributed by atoms with Crippen LogP contribution in [0.4, 0.5) is 8.78 Å². The molecule has 0 spiro atoms. The van der Waals surface area contributed by atoms with Gasteiger partial charge in [-0.3, -0.25) is 9.78 Å². The first kappa shape index (κ1) is 27.3. The average Bonchev–Trinajstić information content (AvgIpc) is 2.86. The lowest BCUT2D eigenvalue weighted by atomic mass is 9.79. The first-order chi connectivity index (χ1) is 17.8. The number of carboxylic acids is 1. The molecule has 0 amide bonds. The maximum Gasteiger partial charge on any atom is 0.303 e. The van der Waals surface area contributed by atoms with Gasteiger partial charge in [0.05, 0.1) is 12.6 Å². The third-order valence-corrected chi connectivity index (χ3v) is 8.11. The van der Waals surface area contributed by atoms with Crippen molar-refractivity contribution in [2.24, 2.45) is 17.6 Å². The summed E-state index contributed by atoms with van der Waals surface area (Å²) in [6.45, 7) is 2.29. The number of carbonyl (C=O) groups is 1. The Bertz CT molecular complexity index is 1210. The molecule has 37 heavy (non-hydrogen) atoms. The molecule has 198 valence electrons. The zero-order valence-corrected chi connectivity index (χ0v) is 21.7. The molecule has 1 aliphatic rings. The molecular weight excluding hydrogens is 496 g/mol. The fourth-order valence-corrected chi connectivity index (χ4v) is 6.22. The highest BCUT2D eigenvalue weighted by Crippen LogP contribution is 2.34. The lowest BCUT2D eigenvalue weighted by Gasteiger charge is -2.38. The highest BCUT2D eigenvalue weighted by Gasteiger charge is 2.31. The molecule has 3 aromatic rings. The monoisotopic (exact) mass is 529 g/mol. The number of nitrogens with zero attached hydrogens (tertiary/aromatic N) is 2. The second kappa shape index (κ2) is 12.7. The van der Waals surface area contributed by atoms with Gasteiger partial charge in [-0.25, -0.2) is 8.78 Å². The van der Waals surface area contributed by atoms with Crippen molar-refractivity contribution in [1.29, 1.82) is 0 Å². The number of likely N-dealkylation sites (tertiary alicyclic amines) is 1. The van der Waals surface area contributed by atoms with Crippen LogP contribution >= 0.6 is 11.8 Å². The van der Waals surface area contributed by atoms with Crippen molar-refractivity contribution >= 4 is 28.6 Å². The predicted molar refractivity (Wildman–Crippen MR) is 142 cm³/mol. The second-order valence-electron chi connectivity index (χ2n) is 9.63. The number of thioether (sulfide) groups is 1. The summed E-state index contributed by atoms with van der Waals surface area (Å²) in [6, 6.07) is 11.0. The van der Waals surface area contributed by atoms with Gasteiger partial charge in [0.1, 0.15) is 17.4 Å². The van der Waals surface area contributed by atoms with E-state index in [9.17, 15) is 18.7 Å². The normalized spacial score (nSPS) is 19.1. The fraction of sp³-hybridized carbons (Fsp3) is 0.429. The van der Waals surface area contributed by atoms with E-state index in [-0.39, 0.29) is 24.3 Å². The molecule has 1 aromatic heterocycles. The average molecular weight is 530 g/mol. The highest BCUT2D eigenvalue weighted by molar-refractivity contribution is 7.99. The van der Waals surface area contributed by atoms with E-state index in [2.05, 4.69) is 9.88 Å². The number of hydrogen-bond acceptors (Lipinski definition) is 6. The maximum absolute atomic E-state index is 13.4. The smallest absolute Gasteiger partial charge is 0.303 e. The summed E-state index contributed by atoms with van der Waals surface area (Å²) in [4.78, 5) is 18.9.